The summed E-state index contributed by atoms with van der Waals surface area (Å²) in [5, 5.41) is 17.6. The average molecular weight is 266 g/mol. The first-order valence-electron chi connectivity index (χ1n) is 4.92. The highest BCUT2D eigenvalue weighted by molar-refractivity contribution is 6.32. The second-order valence-electron chi connectivity index (χ2n) is 3.43. The van der Waals surface area contributed by atoms with Gasteiger partial charge in [0.05, 0.1) is 5.02 Å². The summed E-state index contributed by atoms with van der Waals surface area (Å²) in [5.41, 5.74) is -0.0912. The minimum absolute atomic E-state index is 0.0806. The highest BCUT2D eigenvalue weighted by Crippen LogP contribution is 2.23. The predicted octanol–water partition coefficient (Wildman–Crippen LogP) is 1.38. The zero-order valence-corrected chi connectivity index (χ0v) is 9.73. The molecule has 0 saturated heterocycles. The molecule has 0 aliphatic rings. The van der Waals surface area contributed by atoms with E-state index in [9.17, 15) is 14.7 Å². The van der Waals surface area contributed by atoms with Gasteiger partial charge in [0, 0.05) is 11.6 Å². The van der Waals surface area contributed by atoms with Gasteiger partial charge in [-0.05, 0) is 24.3 Å². The Bertz CT molecular complexity index is 634. The van der Waals surface area contributed by atoms with Crippen molar-refractivity contribution in [3.63, 3.8) is 0 Å². The Labute approximate surface area is 106 Å². The van der Waals surface area contributed by atoms with E-state index < -0.39 is 5.91 Å². The van der Waals surface area contributed by atoms with Gasteiger partial charge in [-0.1, -0.05) is 11.6 Å². The number of phenols is 1. The van der Waals surface area contributed by atoms with Crippen LogP contribution in [0.4, 0.5) is 5.82 Å². The van der Waals surface area contributed by atoms with Crippen LogP contribution in [0.1, 0.15) is 10.4 Å². The highest BCUT2D eigenvalue weighted by atomic mass is 35.5. The van der Waals surface area contributed by atoms with Crippen molar-refractivity contribution in [3.8, 4) is 5.75 Å². The number of carbonyl (C=O) groups excluding carboxylic acids is 1. The molecule has 2 rings (SSSR count). The van der Waals surface area contributed by atoms with Gasteiger partial charge in [-0.2, -0.15) is 5.10 Å². The van der Waals surface area contributed by atoms with E-state index in [1.165, 1.54) is 30.3 Å². The normalized spacial score (nSPS) is 10.1. The van der Waals surface area contributed by atoms with Gasteiger partial charge >= 0.3 is 0 Å². The van der Waals surface area contributed by atoms with Crippen molar-refractivity contribution in [2.24, 2.45) is 0 Å². The Hall–Kier alpha value is -2.34. The lowest BCUT2D eigenvalue weighted by molar-refractivity contribution is 0.102. The summed E-state index contributed by atoms with van der Waals surface area (Å²) in [6.45, 7) is 0. The number of halogens is 1. The lowest BCUT2D eigenvalue weighted by Crippen LogP contribution is -2.15. The van der Waals surface area contributed by atoms with Crippen LogP contribution in [0.15, 0.2) is 35.1 Å². The molecule has 2 aromatic rings. The van der Waals surface area contributed by atoms with Crippen LogP contribution in [0.5, 0.6) is 5.75 Å². The smallest absolute Gasteiger partial charge is 0.264 e. The number of hydrogen-bond donors (Lipinski definition) is 3. The molecule has 0 atom stereocenters. The Kier molecular flexibility index (Phi) is 3.29. The van der Waals surface area contributed by atoms with Gasteiger partial charge in [0.25, 0.3) is 11.5 Å². The topological polar surface area (TPSA) is 95.1 Å². The maximum absolute atomic E-state index is 11.8. The summed E-state index contributed by atoms with van der Waals surface area (Å²) >= 11 is 5.69. The third-order valence-corrected chi connectivity index (χ3v) is 2.43. The van der Waals surface area contributed by atoms with Crippen molar-refractivity contribution in [2.75, 3.05) is 5.32 Å². The predicted molar refractivity (Wildman–Crippen MR) is 65.9 cm³/mol. The minimum atomic E-state index is -0.448. The summed E-state index contributed by atoms with van der Waals surface area (Å²) in [6.07, 6.45) is 0. The summed E-state index contributed by atoms with van der Waals surface area (Å²) in [5.74, 6) is -0.337. The number of aromatic nitrogens is 2. The van der Waals surface area contributed by atoms with Gasteiger partial charge < -0.3 is 10.4 Å². The molecule has 7 heteroatoms. The molecule has 0 fully saturated rings. The largest absolute Gasteiger partial charge is 0.506 e. The maximum Gasteiger partial charge on any atom is 0.264 e. The first kappa shape index (κ1) is 12.1. The Balaban J connectivity index is 2.19. The molecule has 1 amide bonds. The number of aromatic hydroxyl groups is 1. The number of phenolic OH excluding ortho intramolecular Hbond substituents is 1. The van der Waals surface area contributed by atoms with E-state index in [4.69, 9.17) is 11.6 Å². The third kappa shape index (κ3) is 2.67. The first-order valence-corrected chi connectivity index (χ1v) is 5.29. The molecule has 92 valence electrons. The lowest BCUT2D eigenvalue weighted by Gasteiger charge is -2.04. The zero-order valence-electron chi connectivity index (χ0n) is 8.98. The second kappa shape index (κ2) is 4.89. The van der Waals surface area contributed by atoms with Crippen molar-refractivity contribution >= 4 is 23.3 Å². The van der Waals surface area contributed by atoms with Crippen LogP contribution in [-0.4, -0.2) is 21.2 Å². The monoisotopic (exact) mass is 265 g/mol. The molecule has 18 heavy (non-hydrogen) atoms. The Morgan fingerprint density at radius 3 is 2.72 bits per heavy atom. The van der Waals surface area contributed by atoms with Gasteiger partial charge in [-0.25, -0.2) is 5.10 Å². The van der Waals surface area contributed by atoms with E-state index in [1.54, 1.807) is 0 Å². The van der Waals surface area contributed by atoms with Gasteiger partial charge in [-0.15, -0.1) is 0 Å². The Morgan fingerprint density at radius 1 is 1.33 bits per heavy atom. The van der Waals surface area contributed by atoms with E-state index in [-0.39, 0.29) is 27.7 Å². The van der Waals surface area contributed by atoms with Crippen molar-refractivity contribution < 1.29 is 9.90 Å². The van der Waals surface area contributed by atoms with Crippen LogP contribution < -0.4 is 10.9 Å². The number of hydrogen-bond acceptors (Lipinski definition) is 4. The molecule has 0 bridgehead atoms. The summed E-state index contributed by atoms with van der Waals surface area (Å²) in [4.78, 5) is 22.6. The number of aromatic amines is 1. The molecule has 6 nitrogen and oxygen atoms in total. The fourth-order valence-corrected chi connectivity index (χ4v) is 1.43. The molecular formula is C11H8ClN3O3. The number of nitrogens with one attached hydrogen (secondary N) is 2. The molecule has 1 heterocycles. The summed E-state index contributed by atoms with van der Waals surface area (Å²) < 4.78 is 0. The van der Waals surface area contributed by atoms with Crippen molar-refractivity contribution in [2.45, 2.75) is 0 Å². The Morgan fingerprint density at radius 2 is 2.11 bits per heavy atom. The molecule has 0 aliphatic heterocycles. The van der Waals surface area contributed by atoms with Gasteiger partial charge in [-0.3, -0.25) is 9.59 Å². The second-order valence-corrected chi connectivity index (χ2v) is 3.83. The van der Waals surface area contributed by atoms with E-state index >= 15 is 0 Å². The van der Waals surface area contributed by atoms with Crippen molar-refractivity contribution in [3.05, 3.63) is 51.3 Å². The molecule has 0 unspecified atom stereocenters. The maximum atomic E-state index is 11.8. The molecule has 1 aromatic heterocycles. The van der Waals surface area contributed by atoms with Crippen molar-refractivity contribution in [1.29, 1.82) is 0 Å². The SMILES string of the molecule is O=C(Nc1ccc(=O)[nH]n1)c1ccc(O)c(Cl)c1. The lowest BCUT2D eigenvalue weighted by atomic mass is 10.2. The van der Waals surface area contributed by atoms with E-state index in [0.29, 0.717) is 0 Å². The number of H-pyrrole nitrogens is 1. The van der Waals surface area contributed by atoms with Gasteiger partial charge in [0.1, 0.15) is 5.75 Å². The number of anilines is 1. The van der Waals surface area contributed by atoms with E-state index in [2.05, 4.69) is 15.5 Å². The average Bonchev–Trinajstić information content (AvgIpc) is 2.35. The number of amides is 1. The molecule has 0 saturated carbocycles. The molecule has 0 radical (unpaired) electrons. The van der Waals surface area contributed by atoms with Crippen LogP contribution in [0.2, 0.25) is 5.02 Å². The molecule has 0 aliphatic carbocycles. The van der Waals surface area contributed by atoms with Crippen molar-refractivity contribution in [1.82, 2.24) is 10.2 Å². The number of benzene rings is 1. The quantitative estimate of drug-likeness (QED) is 0.764. The number of carbonyl (C=O) groups is 1. The summed E-state index contributed by atoms with van der Waals surface area (Å²) in [6, 6.07) is 6.68. The van der Waals surface area contributed by atoms with E-state index in [0.717, 1.165) is 0 Å². The minimum Gasteiger partial charge on any atom is -0.506 e. The fourth-order valence-electron chi connectivity index (χ4n) is 1.25. The first-order chi connectivity index (χ1) is 8.56. The molecular weight excluding hydrogens is 258 g/mol. The number of nitrogens with zero attached hydrogens (tertiary/aromatic N) is 1. The van der Waals surface area contributed by atoms with Crippen LogP contribution in [-0.2, 0) is 0 Å². The molecule has 0 spiro atoms. The van der Waals surface area contributed by atoms with Crippen LogP contribution >= 0.6 is 11.6 Å². The fraction of sp³-hybridized carbons (Fsp3) is 0. The van der Waals surface area contributed by atoms with E-state index in [1.807, 2.05) is 0 Å². The number of rotatable bonds is 2. The highest BCUT2D eigenvalue weighted by Gasteiger charge is 2.09. The summed E-state index contributed by atoms with van der Waals surface area (Å²) in [7, 11) is 0. The zero-order chi connectivity index (χ0) is 13.1. The standard InChI is InChI=1S/C11H8ClN3O3/c12-7-5-6(1-2-8(7)16)11(18)13-9-3-4-10(17)15-14-9/h1-5,16H,(H,15,17)(H,13,14,18). The van der Waals surface area contributed by atoms with Crippen LogP contribution in [0, 0.1) is 0 Å². The van der Waals surface area contributed by atoms with Crippen LogP contribution in [0.3, 0.4) is 0 Å². The van der Waals surface area contributed by atoms with Gasteiger partial charge in [0.15, 0.2) is 5.82 Å². The van der Waals surface area contributed by atoms with Gasteiger partial charge in [0.2, 0.25) is 0 Å². The van der Waals surface area contributed by atoms with Crippen LogP contribution in [0.25, 0.3) is 0 Å². The molecule has 3 N–H and O–H groups in total. The molecule has 1 aromatic carbocycles. The third-order valence-electron chi connectivity index (χ3n) is 2.13.